The Labute approximate surface area is 187 Å². The molecule has 2 aromatic heterocycles. The molecule has 0 saturated heterocycles. The van der Waals surface area contributed by atoms with E-state index in [4.69, 9.17) is 9.84 Å². The van der Waals surface area contributed by atoms with Crippen LogP contribution in [0.25, 0.3) is 11.3 Å². The van der Waals surface area contributed by atoms with Crippen molar-refractivity contribution in [2.45, 2.75) is 51.5 Å². The first kappa shape index (κ1) is 20.7. The summed E-state index contributed by atoms with van der Waals surface area (Å²) in [5, 5.41) is 12.4. The summed E-state index contributed by atoms with van der Waals surface area (Å²) >= 11 is 0. The zero-order valence-electron chi connectivity index (χ0n) is 18.5. The molecule has 2 aliphatic carbocycles. The second-order valence-corrected chi connectivity index (χ2v) is 8.89. The number of carbonyl (C=O) groups excluding carboxylic acids is 2. The Bertz CT molecular complexity index is 1150. The lowest BCUT2D eigenvalue weighted by atomic mass is 9.53. The van der Waals surface area contributed by atoms with Gasteiger partial charge in [-0.15, -0.1) is 0 Å². The topological polar surface area (TPSA) is 89.9 Å². The van der Waals surface area contributed by atoms with Gasteiger partial charge in [0.05, 0.1) is 18.5 Å². The van der Waals surface area contributed by atoms with Gasteiger partial charge in [-0.2, -0.15) is 10.2 Å². The minimum absolute atomic E-state index is 0.0242. The average molecular weight is 433 g/mol. The molecular formula is C25H28N4O3. The van der Waals surface area contributed by atoms with E-state index in [1.54, 1.807) is 17.8 Å². The lowest BCUT2D eigenvalue weighted by Crippen LogP contribution is -2.49. The maximum absolute atomic E-state index is 12.6. The molecule has 0 spiro atoms. The van der Waals surface area contributed by atoms with Crippen LogP contribution in [0.1, 0.15) is 49.9 Å². The van der Waals surface area contributed by atoms with Gasteiger partial charge in [0.1, 0.15) is 12.3 Å². The average Bonchev–Trinajstić information content (AvgIpc) is 3.44. The number of aromatic amines is 1. The number of ketones is 1. The molecule has 0 bridgehead atoms. The molecule has 7 heteroatoms. The zero-order chi connectivity index (χ0) is 22.3. The van der Waals surface area contributed by atoms with Crippen LogP contribution in [0, 0.1) is 11.8 Å². The van der Waals surface area contributed by atoms with Crippen LogP contribution in [0.4, 0.5) is 0 Å². The summed E-state index contributed by atoms with van der Waals surface area (Å²) in [4.78, 5) is 24.4. The second kappa shape index (κ2) is 8.04. The van der Waals surface area contributed by atoms with Crippen LogP contribution in [0.5, 0.6) is 0 Å². The lowest BCUT2D eigenvalue weighted by molar-refractivity contribution is -0.144. The molecule has 3 atom stereocenters. The molecular weight excluding hydrogens is 404 g/mol. The first-order valence-electron chi connectivity index (χ1n) is 11.4. The quantitative estimate of drug-likeness (QED) is 0.621. The summed E-state index contributed by atoms with van der Waals surface area (Å²) in [6.07, 6.45) is 6.78. The van der Waals surface area contributed by atoms with Crippen molar-refractivity contribution in [3.05, 3.63) is 59.5 Å². The Morgan fingerprint density at radius 2 is 2.09 bits per heavy atom. The molecule has 2 heterocycles. The third-order valence-corrected chi connectivity index (χ3v) is 7.32. The summed E-state index contributed by atoms with van der Waals surface area (Å²) < 4.78 is 6.62. The molecule has 3 aromatic rings. The first-order chi connectivity index (χ1) is 15.5. The van der Waals surface area contributed by atoms with Crippen molar-refractivity contribution in [3.8, 4) is 11.3 Å². The van der Waals surface area contributed by atoms with E-state index in [2.05, 4.69) is 41.4 Å². The fourth-order valence-corrected chi connectivity index (χ4v) is 5.86. The number of Topliss-reactive ketones (excluding diaryl/α,β-unsaturated/α-hetero) is 1. The van der Waals surface area contributed by atoms with Crippen LogP contribution >= 0.6 is 0 Å². The molecule has 1 N–H and O–H groups in total. The molecule has 1 aromatic carbocycles. The maximum Gasteiger partial charge on any atom is 0.327 e. The van der Waals surface area contributed by atoms with Gasteiger partial charge < -0.3 is 4.74 Å². The van der Waals surface area contributed by atoms with Crippen LogP contribution in [0.2, 0.25) is 0 Å². The molecule has 0 unspecified atom stereocenters. The summed E-state index contributed by atoms with van der Waals surface area (Å²) in [7, 11) is 0. The lowest BCUT2D eigenvalue weighted by Gasteiger charge is -2.49. The van der Waals surface area contributed by atoms with Crippen molar-refractivity contribution in [3.63, 3.8) is 0 Å². The van der Waals surface area contributed by atoms with Crippen LogP contribution in [-0.4, -0.2) is 38.3 Å². The first-order valence-corrected chi connectivity index (χ1v) is 11.4. The van der Waals surface area contributed by atoms with Crippen molar-refractivity contribution >= 4 is 11.8 Å². The number of H-pyrrole nitrogens is 1. The molecule has 5 rings (SSSR count). The Hall–Kier alpha value is -3.22. The number of rotatable bonds is 5. The van der Waals surface area contributed by atoms with Gasteiger partial charge in [-0.3, -0.25) is 19.4 Å². The van der Waals surface area contributed by atoms with Gasteiger partial charge in [0.25, 0.3) is 0 Å². The van der Waals surface area contributed by atoms with Gasteiger partial charge in [0.15, 0.2) is 0 Å². The molecule has 1 saturated carbocycles. The monoisotopic (exact) mass is 432 g/mol. The van der Waals surface area contributed by atoms with Crippen molar-refractivity contribution in [2.24, 2.45) is 11.8 Å². The molecule has 0 aliphatic heterocycles. The zero-order valence-corrected chi connectivity index (χ0v) is 18.5. The number of carbonyl (C=O) groups is 2. The summed E-state index contributed by atoms with van der Waals surface area (Å²) in [6.45, 7) is 4.31. The van der Waals surface area contributed by atoms with Crippen molar-refractivity contribution in [2.75, 3.05) is 6.61 Å². The molecule has 7 nitrogen and oxygen atoms in total. The summed E-state index contributed by atoms with van der Waals surface area (Å²) in [5.74, 6) is 0.331. The van der Waals surface area contributed by atoms with E-state index in [9.17, 15) is 9.59 Å². The molecule has 2 aliphatic rings. The van der Waals surface area contributed by atoms with Crippen molar-refractivity contribution in [1.29, 1.82) is 0 Å². The van der Waals surface area contributed by atoms with Gasteiger partial charge in [-0.25, -0.2) is 0 Å². The minimum atomic E-state index is -0.307. The highest BCUT2D eigenvalue weighted by molar-refractivity contribution is 5.83. The number of hydrogen-bond acceptors (Lipinski definition) is 5. The fraction of sp³-hybridized carbons (Fsp3) is 0.440. The predicted molar refractivity (Wildman–Crippen MR) is 119 cm³/mol. The number of nitrogens with one attached hydrogen (secondary N) is 1. The predicted octanol–water partition coefficient (Wildman–Crippen LogP) is 3.68. The Balaban J connectivity index is 1.57. The van der Waals surface area contributed by atoms with Gasteiger partial charge in [-0.1, -0.05) is 37.3 Å². The standard InChI is InChI=1S/C25H28N4O3/c1-3-32-22(31)15-29-14-17(13-26-29)23-19-9-10-20-16(2)21(30)11-12-25(20,24(19)28-27-23)18-7-5-4-6-8-18/h4-8,13-14,16,20H,3,9-12,15H2,1-2H3,(H,27,28)/t16-,20-,25+/m0/s1. The third-order valence-electron chi connectivity index (χ3n) is 7.32. The van der Waals surface area contributed by atoms with Crippen LogP contribution in [-0.2, 0) is 32.7 Å². The Morgan fingerprint density at radius 3 is 2.88 bits per heavy atom. The van der Waals surface area contributed by atoms with Crippen LogP contribution in [0.15, 0.2) is 42.7 Å². The van der Waals surface area contributed by atoms with Gasteiger partial charge in [0, 0.05) is 40.8 Å². The molecule has 1 fully saturated rings. The second-order valence-electron chi connectivity index (χ2n) is 8.89. The van der Waals surface area contributed by atoms with Gasteiger partial charge >= 0.3 is 5.97 Å². The number of nitrogens with zero attached hydrogens (tertiary/aromatic N) is 3. The molecule has 166 valence electrons. The number of esters is 1. The van der Waals surface area contributed by atoms with E-state index in [0.29, 0.717) is 18.8 Å². The highest BCUT2D eigenvalue weighted by Gasteiger charge is 2.53. The van der Waals surface area contributed by atoms with E-state index in [1.807, 2.05) is 12.3 Å². The van der Waals surface area contributed by atoms with E-state index in [-0.39, 0.29) is 29.8 Å². The highest BCUT2D eigenvalue weighted by Crippen LogP contribution is 2.55. The number of aromatic nitrogens is 4. The van der Waals surface area contributed by atoms with E-state index in [0.717, 1.165) is 36.2 Å². The van der Waals surface area contributed by atoms with Gasteiger partial charge in [0.2, 0.25) is 0 Å². The fourth-order valence-electron chi connectivity index (χ4n) is 5.86. The van der Waals surface area contributed by atoms with Crippen LogP contribution < -0.4 is 0 Å². The third kappa shape index (κ3) is 3.18. The summed E-state index contributed by atoms with van der Waals surface area (Å²) in [6, 6.07) is 10.6. The number of hydrogen-bond donors (Lipinski definition) is 1. The van der Waals surface area contributed by atoms with E-state index < -0.39 is 0 Å². The number of benzene rings is 1. The normalized spacial score (nSPS) is 24.6. The SMILES string of the molecule is CCOC(=O)Cn1cc(-c2n[nH]c3c2CC[C@H]2[C@H](C)C(=O)CC[C@]32c2ccccc2)cn1. The summed E-state index contributed by atoms with van der Waals surface area (Å²) in [5.41, 5.74) is 5.10. The van der Waals surface area contributed by atoms with Gasteiger partial charge in [-0.05, 0) is 37.7 Å². The number of ether oxygens (including phenoxy) is 1. The van der Waals surface area contributed by atoms with E-state index in [1.165, 1.54) is 11.1 Å². The Morgan fingerprint density at radius 1 is 1.28 bits per heavy atom. The van der Waals surface area contributed by atoms with Crippen molar-refractivity contribution < 1.29 is 14.3 Å². The molecule has 0 radical (unpaired) electrons. The highest BCUT2D eigenvalue weighted by atomic mass is 16.5. The molecule has 0 amide bonds. The maximum atomic E-state index is 12.6. The minimum Gasteiger partial charge on any atom is -0.465 e. The van der Waals surface area contributed by atoms with Crippen LogP contribution in [0.3, 0.4) is 0 Å². The molecule has 32 heavy (non-hydrogen) atoms. The van der Waals surface area contributed by atoms with Crippen molar-refractivity contribution in [1.82, 2.24) is 20.0 Å². The smallest absolute Gasteiger partial charge is 0.327 e. The van der Waals surface area contributed by atoms with E-state index >= 15 is 0 Å². The number of fused-ring (bicyclic) bond motifs is 3. The Kier molecular flexibility index (Phi) is 5.19. The largest absolute Gasteiger partial charge is 0.465 e.